The van der Waals surface area contributed by atoms with E-state index in [1.807, 2.05) is 0 Å². The van der Waals surface area contributed by atoms with Crippen molar-refractivity contribution in [3.05, 3.63) is 110 Å². The van der Waals surface area contributed by atoms with Crippen LogP contribution in [0.4, 0.5) is 20.2 Å². The van der Waals surface area contributed by atoms with Gasteiger partial charge in [0.05, 0.1) is 16.6 Å². The largest absolute Gasteiger partial charge is 0.325 e. The van der Waals surface area contributed by atoms with Crippen molar-refractivity contribution in [1.29, 1.82) is 0 Å². The number of thioether (sulfide) groups is 1. The fraction of sp³-hybridized carbons (Fsp3) is 0.143. The first-order valence-electron chi connectivity index (χ1n) is 12.1. The smallest absolute Gasteiger partial charge is 0.308 e. The third-order valence-electron chi connectivity index (χ3n) is 6.79. The molecule has 1 aromatic heterocycles. The van der Waals surface area contributed by atoms with E-state index < -0.39 is 51.3 Å². The number of hydrogen-bond acceptors (Lipinski definition) is 6. The second kappa shape index (κ2) is 10.3. The van der Waals surface area contributed by atoms with Crippen LogP contribution in [0.25, 0.3) is 0 Å². The first kappa shape index (κ1) is 26.4. The van der Waals surface area contributed by atoms with Gasteiger partial charge in [0.2, 0.25) is 17.7 Å². The molecule has 3 atom stereocenters. The van der Waals surface area contributed by atoms with Crippen LogP contribution >= 0.6 is 34.7 Å². The number of fused-ring (bicyclic) bond motifs is 2. The first-order valence-corrected chi connectivity index (χ1v) is 14.1. The summed E-state index contributed by atoms with van der Waals surface area (Å²) in [5.74, 6) is -3.91. The van der Waals surface area contributed by atoms with Gasteiger partial charge in [-0.15, -0.1) is 0 Å². The molecule has 6 rings (SSSR count). The molecule has 3 aromatic carbocycles. The van der Waals surface area contributed by atoms with Crippen molar-refractivity contribution >= 4 is 63.8 Å². The zero-order valence-corrected chi connectivity index (χ0v) is 22.7. The molecule has 0 spiro atoms. The van der Waals surface area contributed by atoms with Gasteiger partial charge in [-0.3, -0.25) is 23.7 Å². The summed E-state index contributed by atoms with van der Waals surface area (Å²) in [5, 5.41) is 2.60. The van der Waals surface area contributed by atoms with Gasteiger partial charge in [0.1, 0.15) is 23.4 Å². The molecule has 1 saturated heterocycles. The monoisotopic (exact) mass is 597 g/mol. The number of rotatable bonds is 5. The molecular weight excluding hydrogens is 580 g/mol. The zero-order chi connectivity index (χ0) is 28.1. The Morgan fingerprint density at radius 3 is 2.15 bits per heavy atom. The standard InChI is InChI=1S/C28H18ClF2N3O4S2/c29-15-3-11-19(12-4-15)34-25(36)22-21(14-1-5-16(30)6-2-14)24-27(39-23(22)26(34)37)33(28(38)40-24)13-20(35)32-18-9-7-17(31)8-10-18/h1-12,21-23H,13H2,(H,32,35). The van der Waals surface area contributed by atoms with E-state index >= 15 is 0 Å². The number of hydrogen-bond donors (Lipinski definition) is 1. The maximum Gasteiger partial charge on any atom is 0.308 e. The lowest BCUT2D eigenvalue weighted by molar-refractivity contribution is -0.122. The average molecular weight is 598 g/mol. The second-order valence-corrected chi connectivity index (χ2v) is 11.8. The molecule has 1 N–H and O–H groups in total. The van der Waals surface area contributed by atoms with Gasteiger partial charge in [0.15, 0.2) is 0 Å². The van der Waals surface area contributed by atoms with Crippen molar-refractivity contribution in [3.63, 3.8) is 0 Å². The van der Waals surface area contributed by atoms with Gasteiger partial charge in [-0.1, -0.05) is 46.8 Å². The Kier molecular flexibility index (Phi) is 6.81. The van der Waals surface area contributed by atoms with Crippen molar-refractivity contribution in [2.75, 3.05) is 10.2 Å². The molecular formula is C28H18ClF2N3O4S2. The summed E-state index contributed by atoms with van der Waals surface area (Å²) in [6.45, 7) is -0.356. The van der Waals surface area contributed by atoms with Gasteiger partial charge in [0.25, 0.3) is 0 Å². The molecule has 3 amide bonds. The van der Waals surface area contributed by atoms with Gasteiger partial charge in [-0.2, -0.15) is 0 Å². The Balaban J connectivity index is 1.40. The molecule has 0 aliphatic carbocycles. The number of carbonyl (C=O) groups excluding carboxylic acids is 3. The minimum absolute atomic E-state index is 0.356. The van der Waals surface area contributed by atoms with E-state index in [4.69, 9.17) is 11.6 Å². The fourth-order valence-corrected chi connectivity index (χ4v) is 7.91. The second-order valence-electron chi connectivity index (χ2n) is 9.26. The summed E-state index contributed by atoms with van der Waals surface area (Å²) < 4.78 is 28.3. The number of nitrogens with one attached hydrogen (secondary N) is 1. The fourth-order valence-electron chi connectivity index (χ4n) is 5.01. The number of nitrogens with zero attached hydrogens (tertiary/aromatic N) is 2. The molecule has 0 saturated carbocycles. The van der Waals surface area contributed by atoms with Gasteiger partial charge in [0, 0.05) is 21.5 Å². The summed E-state index contributed by atoms with van der Waals surface area (Å²) >= 11 is 7.96. The van der Waals surface area contributed by atoms with E-state index in [1.54, 1.807) is 24.3 Å². The van der Waals surface area contributed by atoms with Crippen molar-refractivity contribution in [3.8, 4) is 0 Å². The van der Waals surface area contributed by atoms with Crippen LogP contribution in [0.2, 0.25) is 5.02 Å². The summed E-state index contributed by atoms with van der Waals surface area (Å²) in [5.41, 5.74) is 1.29. The Morgan fingerprint density at radius 1 is 0.875 bits per heavy atom. The average Bonchev–Trinajstić information content (AvgIpc) is 3.37. The van der Waals surface area contributed by atoms with Crippen LogP contribution in [-0.4, -0.2) is 27.5 Å². The Morgan fingerprint density at radius 2 is 1.50 bits per heavy atom. The van der Waals surface area contributed by atoms with Crippen LogP contribution in [0.5, 0.6) is 0 Å². The van der Waals surface area contributed by atoms with Crippen LogP contribution in [0.3, 0.4) is 0 Å². The van der Waals surface area contributed by atoms with Crippen LogP contribution < -0.4 is 15.1 Å². The molecule has 40 heavy (non-hydrogen) atoms. The van der Waals surface area contributed by atoms with Crippen molar-refractivity contribution < 1.29 is 23.2 Å². The Labute approximate surface area is 239 Å². The van der Waals surface area contributed by atoms with Crippen molar-refractivity contribution in [2.24, 2.45) is 5.92 Å². The van der Waals surface area contributed by atoms with Crippen LogP contribution in [-0.2, 0) is 20.9 Å². The normalized spacial score (nSPS) is 19.9. The van der Waals surface area contributed by atoms with E-state index in [1.165, 1.54) is 53.1 Å². The third-order valence-corrected chi connectivity index (χ3v) is 9.65. The lowest BCUT2D eigenvalue weighted by Crippen LogP contribution is -2.33. The number of anilines is 2. The molecule has 3 unspecified atom stereocenters. The van der Waals surface area contributed by atoms with Crippen molar-refractivity contribution in [1.82, 2.24) is 4.57 Å². The number of imide groups is 1. The highest BCUT2D eigenvalue weighted by atomic mass is 35.5. The number of aromatic nitrogens is 1. The topological polar surface area (TPSA) is 88.5 Å². The molecule has 202 valence electrons. The summed E-state index contributed by atoms with van der Waals surface area (Å²) in [7, 11) is 0. The molecule has 3 heterocycles. The summed E-state index contributed by atoms with van der Waals surface area (Å²) in [4.78, 5) is 54.7. The SMILES string of the molecule is O=C(Cn1c2c(sc1=O)C(c1ccc(F)cc1)C1C(=O)N(c3ccc(Cl)cc3)C(=O)C1S2)Nc1ccc(F)cc1. The number of amides is 3. The third kappa shape index (κ3) is 4.63. The maximum absolute atomic E-state index is 13.8. The number of halogens is 3. The molecule has 2 aliphatic rings. The highest BCUT2D eigenvalue weighted by molar-refractivity contribution is 8.00. The number of thiazole rings is 1. The quantitative estimate of drug-likeness (QED) is 0.317. The highest BCUT2D eigenvalue weighted by Gasteiger charge is 2.56. The van der Waals surface area contributed by atoms with Crippen molar-refractivity contribution in [2.45, 2.75) is 22.7 Å². The summed E-state index contributed by atoms with van der Waals surface area (Å²) in [6, 6.07) is 17.1. The van der Waals surface area contributed by atoms with Crippen LogP contribution in [0.1, 0.15) is 16.4 Å². The first-order chi connectivity index (χ1) is 19.2. The van der Waals surface area contributed by atoms with Gasteiger partial charge in [-0.25, -0.2) is 13.7 Å². The van der Waals surface area contributed by atoms with Gasteiger partial charge < -0.3 is 5.32 Å². The maximum atomic E-state index is 13.8. The molecule has 2 aliphatic heterocycles. The molecule has 7 nitrogen and oxygen atoms in total. The Bertz CT molecular complexity index is 1710. The molecule has 12 heteroatoms. The summed E-state index contributed by atoms with van der Waals surface area (Å²) in [6.07, 6.45) is 0. The number of carbonyl (C=O) groups is 3. The van der Waals surface area contributed by atoms with Crippen LogP contribution in [0, 0.1) is 17.6 Å². The van der Waals surface area contributed by atoms with Gasteiger partial charge in [-0.05, 0) is 66.2 Å². The molecule has 1 fully saturated rings. The zero-order valence-electron chi connectivity index (χ0n) is 20.3. The highest BCUT2D eigenvalue weighted by Crippen LogP contribution is 2.53. The predicted molar refractivity (Wildman–Crippen MR) is 149 cm³/mol. The van der Waals surface area contributed by atoms with E-state index in [0.29, 0.717) is 31.9 Å². The minimum Gasteiger partial charge on any atom is -0.325 e. The predicted octanol–water partition coefficient (Wildman–Crippen LogP) is 5.28. The van der Waals surface area contributed by atoms with E-state index in [2.05, 4.69) is 5.32 Å². The minimum atomic E-state index is -0.883. The van der Waals surface area contributed by atoms with Gasteiger partial charge >= 0.3 is 4.87 Å². The van der Waals surface area contributed by atoms with E-state index in [9.17, 15) is 28.0 Å². The van der Waals surface area contributed by atoms with E-state index in [0.717, 1.165) is 28.0 Å². The number of benzene rings is 3. The van der Waals surface area contributed by atoms with Crippen LogP contribution in [0.15, 0.2) is 82.6 Å². The lowest BCUT2D eigenvalue weighted by Gasteiger charge is -2.30. The molecule has 4 aromatic rings. The van der Waals surface area contributed by atoms with E-state index in [-0.39, 0.29) is 6.54 Å². The molecule has 0 bridgehead atoms. The Hall–Kier alpha value is -3.80. The lowest BCUT2D eigenvalue weighted by atomic mass is 9.83. The molecule has 0 radical (unpaired) electrons.